The van der Waals surface area contributed by atoms with Crippen molar-refractivity contribution in [3.05, 3.63) is 445 Å². The fraction of sp³-hybridized carbons (Fsp3) is 0.236. The Morgan fingerprint density at radius 1 is 0.142 bits per heavy atom. The van der Waals surface area contributed by atoms with Crippen LogP contribution >= 0.6 is 23.5 Å². The van der Waals surface area contributed by atoms with Gasteiger partial charge in [-0.2, -0.15) is 0 Å². The summed E-state index contributed by atoms with van der Waals surface area (Å²) in [6.07, 6.45) is 0. The van der Waals surface area contributed by atoms with Crippen molar-refractivity contribution in [2.75, 3.05) is 11.5 Å². The van der Waals surface area contributed by atoms with E-state index in [9.17, 15) is 0 Å². The average Bonchev–Trinajstić information content (AvgIpc) is 0.740. The van der Waals surface area contributed by atoms with Gasteiger partial charge < -0.3 is 0 Å². The molecule has 1 fully saturated rings. The second-order valence-corrected chi connectivity index (χ2v) is 51.1. The van der Waals surface area contributed by atoms with Gasteiger partial charge in [0.15, 0.2) is 0 Å². The Bertz CT molecular complexity index is 7030. The second-order valence-electron chi connectivity index (χ2n) is 48.9. The monoisotopic (exact) mass is 1960 g/mol. The molecule has 0 aliphatic carbocycles. The zero-order valence-corrected chi connectivity index (χ0v) is 92.9. The molecule has 19 rings (SSSR count). The van der Waals surface area contributed by atoms with Gasteiger partial charge in [0.2, 0.25) is 0 Å². The van der Waals surface area contributed by atoms with Gasteiger partial charge in [0.05, 0.1) is 11.4 Å². The van der Waals surface area contributed by atoms with Gasteiger partial charge in [-0.25, -0.2) is 9.98 Å². The van der Waals surface area contributed by atoms with Crippen LogP contribution in [0.25, 0.3) is 178 Å². The molecule has 0 aromatic heterocycles. The molecule has 2 nitrogen and oxygen atoms in total. The Balaban J connectivity index is 0.887. The van der Waals surface area contributed by atoms with Crippen molar-refractivity contribution < 1.29 is 0 Å². The molecule has 1 aliphatic heterocycles. The molecule has 1 aliphatic rings. The van der Waals surface area contributed by atoms with Crippen LogP contribution in [-0.2, 0) is 43.3 Å². The Kier molecular flexibility index (Phi) is 28.4. The van der Waals surface area contributed by atoms with Crippen LogP contribution in [0.15, 0.2) is 410 Å². The average molecular weight is 1960 g/mol. The van der Waals surface area contributed by atoms with Gasteiger partial charge >= 0.3 is 0 Å². The number of benzene rings is 18. The van der Waals surface area contributed by atoms with E-state index < -0.39 is 0 Å². The van der Waals surface area contributed by atoms with Crippen molar-refractivity contribution in [1.29, 1.82) is 0 Å². The first-order valence-corrected chi connectivity index (χ1v) is 54.9. The highest BCUT2D eigenvalue weighted by atomic mass is 32.2. The highest BCUT2D eigenvalue weighted by Gasteiger charge is 2.32. The summed E-state index contributed by atoms with van der Waals surface area (Å²) < 4.78 is 0. The number of nitrogens with zero attached hydrogens (tertiary/aromatic N) is 2. The summed E-state index contributed by atoms with van der Waals surface area (Å²) in [5.74, 6) is 1.66. The van der Waals surface area contributed by atoms with Gasteiger partial charge in [0.1, 0.15) is 10.1 Å². The Labute approximate surface area is 892 Å². The van der Waals surface area contributed by atoms with Crippen molar-refractivity contribution in [2.45, 2.75) is 209 Å². The molecule has 0 amide bonds. The first-order valence-electron chi connectivity index (χ1n) is 52.9. The maximum absolute atomic E-state index is 6.43. The lowest BCUT2D eigenvalue weighted by atomic mass is 9.81. The molecule has 18 aromatic rings. The van der Waals surface area contributed by atoms with E-state index in [0.717, 1.165) is 189 Å². The molecule has 0 spiro atoms. The van der Waals surface area contributed by atoms with Gasteiger partial charge in [-0.3, -0.25) is 0 Å². The molecule has 0 N–H and O–H groups in total. The van der Waals surface area contributed by atoms with E-state index in [2.05, 4.69) is 567 Å². The highest BCUT2D eigenvalue weighted by molar-refractivity contribution is 8.27. The molecule has 0 bridgehead atoms. The molecule has 0 atom stereocenters. The lowest BCUT2D eigenvalue weighted by Crippen LogP contribution is -2.15. The van der Waals surface area contributed by atoms with Crippen molar-refractivity contribution >= 4 is 45.0 Å². The van der Waals surface area contributed by atoms with Crippen molar-refractivity contribution in [3.8, 4) is 178 Å². The van der Waals surface area contributed by atoms with Crippen LogP contribution in [0.4, 0.5) is 11.4 Å². The normalized spacial score (nSPS) is 13.6. The van der Waals surface area contributed by atoms with E-state index in [1.165, 1.54) is 66.8 Å². The van der Waals surface area contributed by atoms with Gasteiger partial charge in [0, 0.05) is 33.8 Å². The number of hydrogen-bond acceptors (Lipinski definition) is 4. The zero-order valence-electron chi connectivity index (χ0n) is 91.2. The molecule has 4 heteroatoms. The SMILES string of the molecule is CC(C)(C)c1ccc(-c2ccc(-c3cc(-c4ccccc4)cc(-c4ccc(-c5ccc(C(C)(C)C)cc5)cc4)c3-c3cc(-c4ccc(C(C)(C)C)cc4)c(N=C4SCCSC4=Nc4c(-c5ccc(C(C)(C)C)cc5)cc(-c5c(-c6ccc(-c7ccc(C(C)(C)C)cc7)cc6)cc(-c6ccccc6)cc5-c5ccc(-c6ccc(C(C)(C)C)cc6)cc5)cc4-c4ccc(C(C)(C)C)cc4)c(-c4ccc(C(C)(C)C)cc4)c3)cc2)cc1. The lowest BCUT2D eigenvalue weighted by molar-refractivity contribution is 0.590. The smallest absolute Gasteiger partial charge is 0.129 e. The molecular formula is C144H142N2S2. The topological polar surface area (TPSA) is 24.7 Å². The predicted octanol–water partition coefficient (Wildman–Crippen LogP) is 42.0. The molecule has 18 aromatic carbocycles. The maximum Gasteiger partial charge on any atom is 0.129 e. The fourth-order valence-electron chi connectivity index (χ4n) is 20.5. The van der Waals surface area contributed by atoms with Crippen LogP contribution in [0.3, 0.4) is 0 Å². The van der Waals surface area contributed by atoms with E-state index in [0.29, 0.717) is 0 Å². The number of rotatable bonds is 18. The van der Waals surface area contributed by atoms with Crippen LogP contribution in [0, 0.1) is 0 Å². The third kappa shape index (κ3) is 22.5. The minimum Gasteiger partial charge on any atom is -0.238 e. The second kappa shape index (κ2) is 40.9. The molecular weight excluding hydrogens is 1820 g/mol. The van der Waals surface area contributed by atoms with E-state index in [4.69, 9.17) is 9.98 Å². The maximum atomic E-state index is 6.43. The van der Waals surface area contributed by atoms with E-state index in [-0.39, 0.29) is 43.3 Å². The third-order valence-corrected chi connectivity index (χ3v) is 32.1. The van der Waals surface area contributed by atoms with Gasteiger partial charge in [-0.15, -0.1) is 23.5 Å². The molecule has 1 heterocycles. The van der Waals surface area contributed by atoms with E-state index in [1.54, 1.807) is 0 Å². The van der Waals surface area contributed by atoms with Crippen LogP contribution in [0.1, 0.15) is 211 Å². The van der Waals surface area contributed by atoms with Crippen LogP contribution < -0.4 is 0 Å². The summed E-state index contributed by atoms with van der Waals surface area (Å²) in [5, 5.41) is 1.74. The number of aliphatic imine (C=N–C) groups is 2. The van der Waals surface area contributed by atoms with Gasteiger partial charge in [0.25, 0.3) is 0 Å². The quantitative estimate of drug-likeness (QED) is 0.0855. The van der Waals surface area contributed by atoms with Crippen LogP contribution in [0.5, 0.6) is 0 Å². The summed E-state index contributed by atoms with van der Waals surface area (Å²) in [7, 11) is 0. The van der Waals surface area contributed by atoms with E-state index in [1.807, 2.05) is 23.5 Å². The number of hydrogen-bond donors (Lipinski definition) is 0. The molecule has 0 radical (unpaired) electrons. The minimum absolute atomic E-state index is 0.0226. The Morgan fingerprint density at radius 2 is 0.277 bits per heavy atom. The lowest BCUT2D eigenvalue weighted by Gasteiger charge is -2.25. The molecule has 0 unspecified atom stereocenters. The molecule has 1 saturated heterocycles. The predicted molar refractivity (Wildman–Crippen MR) is 649 cm³/mol. The first-order chi connectivity index (χ1) is 70.4. The van der Waals surface area contributed by atoms with Crippen molar-refractivity contribution in [3.63, 3.8) is 0 Å². The van der Waals surface area contributed by atoms with Gasteiger partial charge in [-0.1, -0.05) is 518 Å². The highest BCUT2D eigenvalue weighted by Crippen LogP contribution is 2.55. The van der Waals surface area contributed by atoms with Crippen molar-refractivity contribution in [1.82, 2.24) is 0 Å². The van der Waals surface area contributed by atoms with Crippen LogP contribution in [0.2, 0.25) is 0 Å². The van der Waals surface area contributed by atoms with Crippen LogP contribution in [-0.4, -0.2) is 21.6 Å². The molecule has 740 valence electrons. The Morgan fingerprint density at radius 3 is 0.446 bits per heavy atom. The summed E-state index contributed by atoms with van der Waals surface area (Å²) in [6.45, 7) is 55.2. The fourth-order valence-corrected chi connectivity index (χ4v) is 22.5. The van der Waals surface area contributed by atoms with Gasteiger partial charge in [-0.05, 0) is 292 Å². The summed E-state index contributed by atoms with van der Waals surface area (Å²) in [4.78, 5) is 12.9. The first kappa shape index (κ1) is 103. The molecule has 148 heavy (non-hydrogen) atoms. The van der Waals surface area contributed by atoms with Crippen molar-refractivity contribution in [2.24, 2.45) is 9.98 Å². The largest absolute Gasteiger partial charge is 0.238 e. The number of thioether (sulfide) groups is 2. The summed E-state index contributed by atoms with van der Waals surface area (Å²) in [6, 6.07) is 154. The Hall–Kier alpha value is -14.0. The summed E-state index contributed by atoms with van der Waals surface area (Å²) >= 11 is 3.64. The third-order valence-electron chi connectivity index (χ3n) is 29.8. The zero-order chi connectivity index (χ0) is 104. The minimum atomic E-state index is -0.123. The molecule has 0 saturated carbocycles. The standard InChI is InChI=1S/C144H142N2S2/c1-137(2,3)115-67-51-99(52-68-115)95-35-43-103(44-36-95)123-85-111(93-31-27-25-28-32-93)86-124(104-45-37-96(38-46-104)100-53-69-116(70-54-100)138(4,5)6)131(123)113-89-127(107-59-75-119(76-60-107)141(13,14)15)133(128(90-113)108-61-77-120(78-62-108)142(16,17)18)145-135-136(148-84-83-147-135)146-134-129(109-63-79-121(80-64-109)143(19,20)21)91-114(92-130(134)110-65-81-122(82-66-110)144(22,23)24)132-125(105-47-39-97(40-48-105)101-55-71-117(72-56-101)139(7,8)9)87-112(94-33-29-26-30-34-94)88-126(132)106-49-41-98(42-50-106)102-57-73-118(74-58-102)140(10,11)12/h25-82,85-92H,83-84H2,1-24H3. The summed E-state index contributed by atoms with van der Waals surface area (Å²) in [5.41, 5.74) is 47.3. The van der Waals surface area contributed by atoms with E-state index >= 15 is 0 Å².